The zero-order valence-corrected chi connectivity index (χ0v) is 13.4. The van der Waals surface area contributed by atoms with Gasteiger partial charge in [-0.15, -0.1) is 0 Å². The second-order valence-corrected chi connectivity index (χ2v) is 6.56. The molecule has 0 aromatic heterocycles. The Morgan fingerprint density at radius 1 is 1.30 bits per heavy atom. The van der Waals surface area contributed by atoms with Crippen molar-refractivity contribution in [3.63, 3.8) is 0 Å². The Morgan fingerprint density at radius 2 is 1.95 bits per heavy atom. The van der Waals surface area contributed by atoms with E-state index in [-0.39, 0.29) is 12.0 Å². The summed E-state index contributed by atoms with van der Waals surface area (Å²) < 4.78 is 5.43. The summed E-state index contributed by atoms with van der Waals surface area (Å²) in [4.78, 5) is 15.1. The van der Waals surface area contributed by atoms with Gasteiger partial charge in [-0.1, -0.05) is 6.92 Å². The molecule has 0 aromatic carbocycles. The highest BCUT2D eigenvalue weighted by Gasteiger charge is 2.53. The fourth-order valence-corrected chi connectivity index (χ4v) is 3.19. The van der Waals surface area contributed by atoms with Gasteiger partial charge in [-0.25, -0.2) is 4.79 Å². The summed E-state index contributed by atoms with van der Waals surface area (Å²) in [6.07, 6.45) is 4.83. The van der Waals surface area contributed by atoms with Crippen LogP contribution in [-0.4, -0.2) is 48.2 Å². The summed E-state index contributed by atoms with van der Waals surface area (Å²) in [6, 6.07) is 0.972. The van der Waals surface area contributed by atoms with Gasteiger partial charge in [0.05, 0.1) is 6.61 Å². The first-order valence-corrected chi connectivity index (χ1v) is 8.22. The monoisotopic (exact) mass is 282 g/mol. The average molecular weight is 282 g/mol. The molecule has 0 radical (unpaired) electrons. The van der Waals surface area contributed by atoms with Gasteiger partial charge in [0.15, 0.2) is 0 Å². The van der Waals surface area contributed by atoms with Crippen molar-refractivity contribution in [2.24, 2.45) is 5.92 Å². The van der Waals surface area contributed by atoms with Crippen LogP contribution >= 0.6 is 0 Å². The second-order valence-electron chi connectivity index (χ2n) is 6.56. The molecule has 4 nitrogen and oxygen atoms in total. The van der Waals surface area contributed by atoms with Crippen molar-refractivity contribution in [1.29, 1.82) is 0 Å². The number of carbonyl (C=O) groups excluding carboxylic acids is 1. The van der Waals surface area contributed by atoms with E-state index in [1.165, 1.54) is 12.8 Å². The van der Waals surface area contributed by atoms with Crippen LogP contribution in [0.15, 0.2) is 0 Å². The van der Waals surface area contributed by atoms with Gasteiger partial charge in [-0.2, -0.15) is 0 Å². The van der Waals surface area contributed by atoms with Crippen LogP contribution in [0.25, 0.3) is 0 Å². The second kappa shape index (κ2) is 6.44. The molecule has 2 rings (SSSR count). The molecule has 0 spiro atoms. The van der Waals surface area contributed by atoms with Crippen LogP contribution in [0, 0.1) is 5.92 Å². The Bertz CT molecular complexity index is 337. The van der Waals surface area contributed by atoms with Crippen molar-refractivity contribution in [3.8, 4) is 0 Å². The normalized spacial score (nSPS) is 22.1. The Kier molecular flexibility index (Phi) is 5.08. The molecule has 1 N–H and O–H groups in total. The Morgan fingerprint density at radius 3 is 2.35 bits per heavy atom. The largest absolute Gasteiger partial charge is 0.465 e. The predicted molar refractivity (Wildman–Crippen MR) is 80.6 cm³/mol. The number of esters is 1. The molecule has 2 aliphatic rings. The van der Waals surface area contributed by atoms with Crippen LogP contribution in [0.4, 0.5) is 0 Å². The van der Waals surface area contributed by atoms with E-state index >= 15 is 0 Å². The molecule has 0 aromatic rings. The number of carbonyl (C=O) groups is 1. The Labute approximate surface area is 123 Å². The molecule has 4 heteroatoms. The molecule has 116 valence electrons. The van der Waals surface area contributed by atoms with Crippen molar-refractivity contribution in [3.05, 3.63) is 0 Å². The van der Waals surface area contributed by atoms with Gasteiger partial charge in [-0.05, 0) is 58.9 Å². The third-order valence-corrected chi connectivity index (χ3v) is 4.38. The standard InChI is InChI=1S/C16H30N2O2/c1-5-18(14-9-10-14)11-16(13-7-8-13,17-12(3)4)15(19)20-6-2/h12-14,17H,5-11H2,1-4H3. The molecule has 0 saturated heterocycles. The van der Waals surface area contributed by atoms with Crippen molar-refractivity contribution < 1.29 is 9.53 Å². The number of hydrogen-bond acceptors (Lipinski definition) is 4. The maximum absolute atomic E-state index is 12.7. The number of rotatable bonds is 9. The summed E-state index contributed by atoms with van der Waals surface area (Å²) in [6.45, 7) is 10.6. The smallest absolute Gasteiger partial charge is 0.327 e. The highest BCUT2D eigenvalue weighted by atomic mass is 16.5. The first-order chi connectivity index (χ1) is 9.53. The summed E-state index contributed by atoms with van der Waals surface area (Å²) in [5, 5.41) is 3.57. The minimum absolute atomic E-state index is 0.0460. The van der Waals surface area contributed by atoms with Gasteiger partial charge in [0, 0.05) is 18.6 Å². The van der Waals surface area contributed by atoms with Gasteiger partial charge in [0.2, 0.25) is 0 Å². The quantitative estimate of drug-likeness (QED) is 0.658. The average Bonchev–Trinajstić information content (AvgIpc) is 3.27. The predicted octanol–water partition coefficient (Wildman–Crippen LogP) is 2.18. The van der Waals surface area contributed by atoms with Crippen molar-refractivity contribution in [1.82, 2.24) is 10.2 Å². The minimum atomic E-state index is -0.497. The van der Waals surface area contributed by atoms with E-state index in [9.17, 15) is 4.79 Å². The van der Waals surface area contributed by atoms with Crippen LogP contribution < -0.4 is 5.32 Å². The third kappa shape index (κ3) is 3.53. The number of nitrogens with one attached hydrogen (secondary N) is 1. The SMILES string of the molecule is CCOC(=O)C(CN(CC)C1CC1)(NC(C)C)C1CC1. The summed E-state index contributed by atoms with van der Waals surface area (Å²) in [5.74, 6) is 0.395. The minimum Gasteiger partial charge on any atom is -0.465 e. The van der Waals surface area contributed by atoms with Gasteiger partial charge in [0.1, 0.15) is 5.54 Å². The van der Waals surface area contributed by atoms with Crippen LogP contribution in [0.3, 0.4) is 0 Å². The topological polar surface area (TPSA) is 41.6 Å². The van der Waals surface area contributed by atoms with Crippen LogP contribution in [-0.2, 0) is 9.53 Å². The number of hydrogen-bond donors (Lipinski definition) is 1. The molecule has 1 atom stereocenters. The van der Waals surface area contributed by atoms with Crippen molar-refractivity contribution >= 4 is 5.97 Å². The van der Waals surface area contributed by atoms with E-state index in [1.807, 2.05) is 6.92 Å². The molecule has 2 fully saturated rings. The molecule has 2 aliphatic carbocycles. The van der Waals surface area contributed by atoms with Gasteiger partial charge < -0.3 is 4.74 Å². The van der Waals surface area contributed by atoms with Gasteiger partial charge in [0.25, 0.3) is 0 Å². The lowest BCUT2D eigenvalue weighted by Gasteiger charge is -2.38. The molecule has 2 saturated carbocycles. The summed E-state index contributed by atoms with van der Waals surface area (Å²) in [5.41, 5.74) is -0.497. The zero-order valence-electron chi connectivity index (χ0n) is 13.4. The zero-order chi connectivity index (χ0) is 14.8. The third-order valence-electron chi connectivity index (χ3n) is 4.38. The highest BCUT2D eigenvalue weighted by Crippen LogP contribution is 2.42. The Balaban J connectivity index is 2.17. The van der Waals surface area contributed by atoms with E-state index in [0.29, 0.717) is 18.6 Å². The fourth-order valence-electron chi connectivity index (χ4n) is 3.19. The molecule has 0 heterocycles. The van der Waals surface area contributed by atoms with Gasteiger partial charge in [-0.3, -0.25) is 10.2 Å². The van der Waals surface area contributed by atoms with Crippen LogP contribution in [0.5, 0.6) is 0 Å². The van der Waals surface area contributed by atoms with E-state index in [1.54, 1.807) is 0 Å². The van der Waals surface area contributed by atoms with E-state index in [0.717, 1.165) is 25.9 Å². The molecule has 0 bridgehead atoms. The first kappa shape index (κ1) is 15.8. The van der Waals surface area contributed by atoms with Crippen LogP contribution in [0.2, 0.25) is 0 Å². The maximum Gasteiger partial charge on any atom is 0.327 e. The summed E-state index contributed by atoms with van der Waals surface area (Å²) in [7, 11) is 0. The molecule has 20 heavy (non-hydrogen) atoms. The number of ether oxygens (including phenoxy) is 1. The van der Waals surface area contributed by atoms with Crippen molar-refractivity contribution in [2.45, 2.75) is 71.0 Å². The molecule has 1 unspecified atom stereocenters. The fraction of sp³-hybridized carbons (Fsp3) is 0.938. The molecular formula is C16H30N2O2. The molecule has 0 aliphatic heterocycles. The van der Waals surface area contributed by atoms with Crippen molar-refractivity contribution in [2.75, 3.05) is 19.7 Å². The lowest BCUT2D eigenvalue weighted by atomic mass is 9.91. The van der Waals surface area contributed by atoms with E-state index < -0.39 is 5.54 Å². The molecule has 0 amide bonds. The van der Waals surface area contributed by atoms with E-state index in [2.05, 4.69) is 31.0 Å². The molecular weight excluding hydrogens is 252 g/mol. The number of nitrogens with zero attached hydrogens (tertiary/aromatic N) is 1. The van der Waals surface area contributed by atoms with Gasteiger partial charge >= 0.3 is 5.97 Å². The van der Waals surface area contributed by atoms with Crippen LogP contribution in [0.1, 0.15) is 53.4 Å². The Hall–Kier alpha value is -0.610. The van der Waals surface area contributed by atoms with E-state index in [4.69, 9.17) is 4.74 Å². The number of likely N-dealkylation sites (N-methyl/N-ethyl adjacent to an activating group) is 1. The highest BCUT2D eigenvalue weighted by molar-refractivity contribution is 5.82. The lowest BCUT2D eigenvalue weighted by molar-refractivity contribution is -0.154. The summed E-state index contributed by atoms with van der Waals surface area (Å²) >= 11 is 0. The lowest BCUT2D eigenvalue weighted by Crippen LogP contribution is -2.63. The first-order valence-electron chi connectivity index (χ1n) is 8.22. The maximum atomic E-state index is 12.7.